The summed E-state index contributed by atoms with van der Waals surface area (Å²) < 4.78 is 4.44. The van der Waals surface area contributed by atoms with Crippen molar-refractivity contribution in [1.29, 1.82) is 0 Å². The predicted octanol–water partition coefficient (Wildman–Crippen LogP) is 1.08. The predicted molar refractivity (Wildman–Crippen MR) is 33.2 cm³/mol. The highest BCUT2D eigenvalue weighted by Gasteiger charge is 1.86. The van der Waals surface area contributed by atoms with Crippen LogP contribution < -0.4 is 0 Å². The molecule has 0 bridgehead atoms. The van der Waals surface area contributed by atoms with Crippen molar-refractivity contribution in [2.45, 2.75) is 6.92 Å². The summed E-state index contributed by atoms with van der Waals surface area (Å²) in [7, 11) is 1.18. The monoisotopic (exact) mass is 138 g/mol. The molecule has 0 radical (unpaired) electrons. The average molecular weight is 138 g/mol. The second-order valence-corrected chi connectivity index (χ2v) is 2.15. The fraction of sp³-hybridized carbons (Fsp3) is 0.667. The van der Waals surface area contributed by atoms with Crippen molar-refractivity contribution in [3.05, 3.63) is 0 Å². The number of ether oxygens (including phenoxy) is 1. The Morgan fingerprint density at radius 3 is 2.71 bits per heavy atom. The first-order valence-corrected chi connectivity index (χ1v) is 3.71. The zero-order valence-corrected chi connectivity index (χ0v) is 5.59. The Kier molecular flexibility index (Phi) is 4.44. The van der Waals surface area contributed by atoms with Crippen molar-refractivity contribution in [3.8, 4) is 0 Å². The largest absolute Gasteiger partial charge is 0.454 e. The van der Waals surface area contributed by atoms with Crippen LogP contribution in [-0.2, 0) is 9.53 Å². The van der Waals surface area contributed by atoms with Crippen LogP contribution in [0.4, 0.5) is 0 Å². The SMILES string of the molecule is CC(=O)OCSS. The van der Waals surface area contributed by atoms with Gasteiger partial charge in [0.15, 0.2) is 0 Å². The summed E-state index contributed by atoms with van der Waals surface area (Å²) in [6.07, 6.45) is 0. The fourth-order valence-corrected chi connectivity index (χ4v) is 0.486. The van der Waals surface area contributed by atoms with Gasteiger partial charge in [0.2, 0.25) is 0 Å². The number of hydrogen-bond acceptors (Lipinski definition) is 4. The first kappa shape index (κ1) is 7.17. The minimum absolute atomic E-state index is 0.262. The van der Waals surface area contributed by atoms with Crippen molar-refractivity contribution in [3.63, 3.8) is 0 Å². The van der Waals surface area contributed by atoms with E-state index in [1.54, 1.807) is 0 Å². The third-order valence-corrected chi connectivity index (χ3v) is 0.854. The van der Waals surface area contributed by atoms with Gasteiger partial charge >= 0.3 is 5.97 Å². The molecular weight excluding hydrogens is 132 g/mol. The maximum absolute atomic E-state index is 9.93. The third-order valence-electron chi connectivity index (χ3n) is 0.315. The second-order valence-electron chi connectivity index (χ2n) is 0.883. The highest BCUT2D eigenvalue weighted by Crippen LogP contribution is 2.03. The van der Waals surface area contributed by atoms with Gasteiger partial charge in [-0.3, -0.25) is 4.79 Å². The lowest BCUT2D eigenvalue weighted by molar-refractivity contribution is -0.138. The molecule has 0 saturated heterocycles. The first-order chi connectivity index (χ1) is 3.27. The van der Waals surface area contributed by atoms with Crippen LogP contribution in [0, 0.1) is 0 Å². The first-order valence-electron chi connectivity index (χ1n) is 1.67. The minimum Gasteiger partial charge on any atom is -0.454 e. The van der Waals surface area contributed by atoms with Gasteiger partial charge in [0.05, 0.1) is 0 Å². The van der Waals surface area contributed by atoms with Crippen LogP contribution in [0.1, 0.15) is 6.92 Å². The number of carbonyl (C=O) groups excluding carboxylic acids is 1. The third kappa shape index (κ3) is 6.17. The van der Waals surface area contributed by atoms with Crippen molar-refractivity contribution in [1.82, 2.24) is 0 Å². The molecule has 7 heavy (non-hydrogen) atoms. The zero-order chi connectivity index (χ0) is 5.70. The molecule has 0 spiro atoms. The van der Waals surface area contributed by atoms with E-state index >= 15 is 0 Å². The lowest BCUT2D eigenvalue weighted by atomic mass is 10.8. The van der Waals surface area contributed by atoms with E-state index in [0.29, 0.717) is 5.94 Å². The van der Waals surface area contributed by atoms with Crippen LogP contribution in [0.2, 0.25) is 0 Å². The van der Waals surface area contributed by atoms with Crippen LogP contribution >= 0.6 is 22.5 Å². The summed E-state index contributed by atoms with van der Waals surface area (Å²) in [4.78, 5) is 9.93. The molecule has 0 saturated carbocycles. The Hall–Kier alpha value is 0.170. The van der Waals surface area contributed by atoms with E-state index in [1.165, 1.54) is 17.7 Å². The van der Waals surface area contributed by atoms with Gasteiger partial charge in [0.25, 0.3) is 0 Å². The van der Waals surface area contributed by atoms with Crippen LogP contribution in [-0.4, -0.2) is 11.9 Å². The normalized spacial score (nSPS) is 8.29. The Bertz CT molecular complexity index is 64.0. The van der Waals surface area contributed by atoms with Gasteiger partial charge in [-0.25, -0.2) is 0 Å². The molecule has 0 fully saturated rings. The van der Waals surface area contributed by atoms with Crippen LogP contribution in [0.25, 0.3) is 0 Å². The number of esters is 1. The van der Waals surface area contributed by atoms with Gasteiger partial charge in [0.1, 0.15) is 5.94 Å². The van der Waals surface area contributed by atoms with Crippen LogP contribution in [0.15, 0.2) is 0 Å². The summed E-state index contributed by atoms with van der Waals surface area (Å²) >= 11 is 3.73. The van der Waals surface area contributed by atoms with Gasteiger partial charge in [-0.15, -0.1) is 11.7 Å². The highest BCUT2D eigenvalue weighted by molar-refractivity contribution is 8.68. The van der Waals surface area contributed by atoms with Gasteiger partial charge in [-0.05, 0) is 0 Å². The summed E-state index contributed by atoms with van der Waals surface area (Å²) in [6.45, 7) is 1.37. The molecule has 42 valence electrons. The zero-order valence-electron chi connectivity index (χ0n) is 3.88. The molecule has 0 aliphatic carbocycles. The summed E-state index contributed by atoms with van der Waals surface area (Å²) in [6, 6.07) is 0. The standard InChI is InChI=1S/C3H6O2S2/c1-3(4)5-2-7-6/h6H,2H2,1H3. The molecule has 0 aromatic heterocycles. The molecule has 2 nitrogen and oxygen atoms in total. The van der Waals surface area contributed by atoms with E-state index in [4.69, 9.17) is 0 Å². The Morgan fingerprint density at radius 1 is 2.00 bits per heavy atom. The molecule has 0 atom stereocenters. The molecule has 0 aromatic carbocycles. The topological polar surface area (TPSA) is 26.3 Å². The van der Waals surface area contributed by atoms with E-state index in [2.05, 4.69) is 16.4 Å². The molecule has 0 aromatic rings. The van der Waals surface area contributed by atoms with E-state index in [1.807, 2.05) is 0 Å². The van der Waals surface area contributed by atoms with Crippen LogP contribution in [0.3, 0.4) is 0 Å². The van der Waals surface area contributed by atoms with E-state index < -0.39 is 0 Å². The molecule has 0 aliphatic heterocycles. The van der Waals surface area contributed by atoms with Gasteiger partial charge in [-0.1, -0.05) is 10.8 Å². The van der Waals surface area contributed by atoms with Crippen molar-refractivity contribution in [2.75, 3.05) is 5.94 Å². The Balaban J connectivity index is 2.82. The second kappa shape index (κ2) is 4.33. The maximum Gasteiger partial charge on any atom is 0.303 e. The molecule has 0 aliphatic rings. The Labute approximate surface area is 51.4 Å². The molecule has 0 rings (SSSR count). The minimum atomic E-state index is -0.262. The van der Waals surface area contributed by atoms with Crippen molar-refractivity contribution in [2.24, 2.45) is 0 Å². The van der Waals surface area contributed by atoms with Crippen LogP contribution in [0.5, 0.6) is 0 Å². The van der Waals surface area contributed by atoms with E-state index in [-0.39, 0.29) is 5.97 Å². The smallest absolute Gasteiger partial charge is 0.303 e. The highest BCUT2D eigenvalue weighted by atomic mass is 33.1. The molecular formula is C3H6O2S2. The number of carbonyl (C=O) groups is 1. The number of rotatable bonds is 2. The maximum atomic E-state index is 9.93. The van der Waals surface area contributed by atoms with Gasteiger partial charge in [0, 0.05) is 6.92 Å². The van der Waals surface area contributed by atoms with Gasteiger partial charge < -0.3 is 4.74 Å². The van der Waals surface area contributed by atoms with E-state index in [0.717, 1.165) is 0 Å². The average Bonchev–Trinajstić information content (AvgIpc) is 1.61. The van der Waals surface area contributed by atoms with Crippen molar-refractivity contribution < 1.29 is 9.53 Å². The summed E-state index contributed by atoms with van der Waals surface area (Å²) in [5.41, 5.74) is 0. The van der Waals surface area contributed by atoms with Crippen molar-refractivity contribution >= 4 is 28.4 Å². The molecule has 0 heterocycles. The molecule has 0 amide bonds. The van der Waals surface area contributed by atoms with E-state index in [9.17, 15) is 4.79 Å². The summed E-state index contributed by atoms with van der Waals surface area (Å²) in [5.74, 6) is 0.0693. The molecule has 0 unspecified atom stereocenters. The molecule has 4 heteroatoms. The number of hydrogen-bond donors (Lipinski definition) is 1. The summed E-state index contributed by atoms with van der Waals surface area (Å²) in [5, 5.41) is 0. The fourth-order valence-electron chi connectivity index (χ4n) is 0.109. The lowest BCUT2D eigenvalue weighted by Crippen LogP contribution is -1.94. The molecule has 0 N–H and O–H groups in total. The lowest BCUT2D eigenvalue weighted by Gasteiger charge is -1.92. The number of thiol groups is 1. The Morgan fingerprint density at radius 2 is 2.57 bits per heavy atom. The quantitative estimate of drug-likeness (QED) is 0.268. The van der Waals surface area contributed by atoms with Gasteiger partial charge in [-0.2, -0.15) is 0 Å².